The quantitative estimate of drug-likeness (QED) is 0.851. The summed E-state index contributed by atoms with van der Waals surface area (Å²) in [6.07, 6.45) is 0.994. The summed E-state index contributed by atoms with van der Waals surface area (Å²) in [5.41, 5.74) is 1.33. The predicted octanol–water partition coefficient (Wildman–Crippen LogP) is 3.30. The molecule has 1 heterocycles. The van der Waals surface area contributed by atoms with E-state index in [9.17, 15) is 0 Å². The molecular weight excluding hydrogens is 272 g/mol. The van der Waals surface area contributed by atoms with E-state index in [-0.39, 0.29) is 0 Å². The molecular formula is C15H18N2S2. The van der Waals surface area contributed by atoms with E-state index in [1.165, 1.54) is 10.4 Å². The van der Waals surface area contributed by atoms with Gasteiger partial charge in [0.25, 0.3) is 0 Å². The van der Waals surface area contributed by atoms with Crippen LogP contribution in [0, 0.1) is 0 Å². The molecule has 1 N–H and O–H groups in total. The van der Waals surface area contributed by atoms with Crippen LogP contribution in [0.15, 0.2) is 47.8 Å². The second-order valence-electron chi connectivity index (χ2n) is 4.40. The van der Waals surface area contributed by atoms with Crippen LogP contribution in [0.3, 0.4) is 0 Å². The molecule has 0 fully saturated rings. The molecule has 0 atom stereocenters. The van der Waals surface area contributed by atoms with Crippen LogP contribution in [-0.2, 0) is 13.0 Å². The van der Waals surface area contributed by atoms with E-state index < -0.39 is 0 Å². The summed E-state index contributed by atoms with van der Waals surface area (Å²) >= 11 is 7.14. The third kappa shape index (κ3) is 4.65. The third-order valence-electron chi connectivity index (χ3n) is 2.85. The van der Waals surface area contributed by atoms with Crippen LogP contribution in [0.1, 0.15) is 10.4 Å². The van der Waals surface area contributed by atoms with Gasteiger partial charge in [0.2, 0.25) is 0 Å². The van der Waals surface area contributed by atoms with Gasteiger partial charge in [-0.2, -0.15) is 0 Å². The summed E-state index contributed by atoms with van der Waals surface area (Å²) in [5, 5.41) is 6.21. The lowest BCUT2D eigenvalue weighted by Gasteiger charge is -2.20. The van der Waals surface area contributed by atoms with E-state index in [4.69, 9.17) is 12.2 Å². The Kier molecular flexibility index (Phi) is 5.36. The molecule has 0 unspecified atom stereocenters. The molecule has 0 radical (unpaired) electrons. The highest BCUT2D eigenvalue weighted by Crippen LogP contribution is 2.10. The summed E-state index contributed by atoms with van der Waals surface area (Å²) in [4.78, 5) is 3.40. The van der Waals surface area contributed by atoms with Crippen molar-refractivity contribution in [2.24, 2.45) is 0 Å². The molecule has 2 rings (SSSR count). The molecule has 0 aliphatic rings. The van der Waals surface area contributed by atoms with Crippen LogP contribution in [0.25, 0.3) is 0 Å². The zero-order valence-corrected chi connectivity index (χ0v) is 12.6. The van der Waals surface area contributed by atoms with E-state index in [1.807, 2.05) is 13.1 Å². The summed E-state index contributed by atoms with van der Waals surface area (Å²) < 4.78 is 0. The standard InChI is InChI=1S/C15H18N2S2/c1-17(12-14-8-5-11-19-14)15(18)16-10-9-13-6-3-2-4-7-13/h2-8,11H,9-10,12H2,1H3,(H,16,18). The number of thiophene rings is 1. The van der Waals surface area contributed by atoms with Crippen LogP contribution in [0.2, 0.25) is 0 Å². The molecule has 0 aliphatic heterocycles. The molecule has 2 aromatic rings. The number of hydrogen-bond donors (Lipinski definition) is 1. The minimum atomic E-state index is 0.810. The Morgan fingerprint density at radius 1 is 1.21 bits per heavy atom. The molecule has 0 saturated carbocycles. The van der Waals surface area contributed by atoms with Crippen LogP contribution in [-0.4, -0.2) is 23.6 Å². The van der Waals surface area contributed by atoms with Gasteiger partial charge in [-0.05, 0) is 35.6 Å². The lowest BCUT2D eigenvalue weighted by atomic mass is 10.1. The van der Waals surface area contributed by atoms with Crippen molar-refractivity contribution in [3.05, 3.63) is 58.3 Å². The first kappa shape index (κ1) is 14.0. The van der Waals surface area contributed by atoms with Crippen molar-refractivity contribution in [3.63, 3.8) is 0 Å². The number of nitrogens with one attached hydrogen (secondary N) is 1. The van der Waals surface area contributed by atoms with Gasteiger partial charge in [0.15, 0.2) is 5.11 Å². The van der Waals surface area contributed by atoms with Gasteiger partial charge in [0, 0.05) is 18.5 Å². The fourth-order valence-electron chi connectivity index (χ4n) is 1.80. The summed E-state index contributed by atoms with van der Waals surface area (Å²) in [5.74, 6) is 0. The highest BCUT2D eigenvalue weighted by Gasteiger charge is 2.05. The van der Waals surface area contributed by atoms with Crippen molar-refractivity contribution in [1.82, 2.24) is 10.2 Å². The van der Waals surface area contributed by atoms with E-state index >= 15 is 0 Å². The lowest BCUT2D eigenvalue weighted by Crippen LogP contribution is -2.37. The van der Waals surface area contributed by atoms with Crippen LogP contribution < -0.4 is 5.32 Å². The molecule has 0 bridgehead atoms. The Bertz CT molecular complexity index is 494. The second kappa shape index (κ2) is 7.26. The van der Waals surface area contributed by atoms with Gasteiger partial charge in [-0.25, -0.2) is 0 Å². The molecule has 0 spiro atoms. The summed E-state index contributed by atoms with van der Waals surface area (Å²) in [6, 6.07) is 14.6. The average molecular weight is 290 g/mol. The lowest BCUT2D eigenvalue weighted by molar-refractivity contribution is 0.494. The molecule has 0 aliphatic carbocycles. The van der Waals surface area contributed by atoms with Crippen molar-refractivity contribution in [3.8, 4) is 0 Å². The van der Waals surface area contributed by atoms with Gasteiger partial charge in [0.05, 0.1) is 6.54 Å². The number of thiocarbonyl (C=S) groups is 1. The molecule has 4 heteroatoms. The molecule has 19 heavy (non-hydrogen) atoms. The Hall–Kier alpha value is -1.39. The maximum Gasteiger partial charge on any atom is 0.169 e. The zero-order valence-electron chi connectivity index (χ0n) is 11.0. The van der Waals surface area contributed by atoms with Crippen LogP contribution >= 0.6 is 23.6 Å². The first-order valence-electron chi connectivity index (χ1n) is 6.31. The fraction of sp³-hybridized carbons (Fsp3) is 0.267. The Labute approximate surface area is 124 Å². The smallest absolute Gasteiger partial charge is 0.169 e. The first-order chi connectivity index (χ1) is 9.25. The zero-order chi connectivity index (χ0) is 13.5. The average Bonchev–Trinajstić information content (AvgIpc) is 2.92. The molecule has 1 aromatic heterocycles. The van der Waals surface area contributed by atoms with Crippen molar-refractivity contribution < 1.29 is 0 Å². The first-order valence-corrected chi connectivity index (χ1v) is 7.60. The maximum absolute atomic E-state index is 5.38. The Morgan fingerprint density at radius 2 is 2.00 bits per heavy atom. The van der Waals surface area contributed by atoms with Crippen molar-refractivity contribution >= 4 is 28.7 Å². The van der Waals surface area contributed by atoms with E-state index in [2.05, 4.69) is 52.0 Å². The Balaban J connectivity index is 1.72. The van der Waals surface area contributed by atoms with Gasteiger partial charge in [-0.15, -0.1) is 11.3 Å². The molecule has 100 valence electrons. The van der Waals surface area contributed by atoms with E-state index in [0.717, 1.165) is 24.6 Å². The van der Waals surface area contributed by atoms with E-state index in [0.29, 0.717) is 0 Å². The van der Waals surface area contributed by atoms with Crippen molar-refractivity contribution in [2.75, 3.05) is 13.6 Å². The minimum Gasteiger partial charge on any atom is -0.362 e. The maximum atomic E-state index is 5.38. The minimum absolute atomic E-state index is 0.810. The SMILES string of the molecule is CN(Cc1cccs1)C(=S)NCCc1ccccc1. The monoisotopic (exact) mass is 290 g/mol. The second-order valence-corrected chi connectivity index (χ2v) is 5.82. The van der Waals surface area contributed by atoms with Gasteiger partial charge >= 0.3 is 0 Å². The normalized spacial score (nSPS) is 10.2. The molecule has 1 aromatic carbocycles. The number of nitrogens with zero attached hydrogens (tertiary/aromatic N) is 1. The molecule has 0 amide bonds. The van der Waals surface area contributed by atoms with Gasteiger partial charge in [0.1, 0.15) is 0 Å². The molecule has 2 nitrogen and oxygen atoms in total. The van der Waals surface area contributed by atoms with Crippen molar-refractivity contribution in [1.29, 1.82) is 0 Å². The van der Waals surface area contributed by atoms with E-state index in [1.54, 1.807) is 11.3 Å². The van der Waals surface area contributed by atoms with Crippen LogP contribution in [0.5, 0.6) is 0 Å². The van der Waals surface area contributed by atoms with Crippen LogP contribution in [0.4, 0.5) is 0 Å². The number of rotatable bonds is 5. The summed E-state index contributed by atoms with van der Waals surface area (Å²) in [7, 11) is 2.03. The topological polar surface area (TPSA) is 15.3 Å². The van der Waals surface area contributed by atoms with Gasteiger partial charge in [-0.3, -0.25) is 0 Å². The third-order valence-corrected chi connectivity index (χ3v) is 4.17. The Morgan fingerprint density at radius 3 is 2.68 bits per heavy atom. The highest BCUT2D eigenvalue weighted by molar-refractivity contribution is 7.80. The van der Waals surface area contributed by atoms with Gasteiger partial charge in [-0.1, -0.05) is 36.4 Å². The number of benzene rings is 1. The summed E-state index contributed by atoms with van der Waals surface area (Å²) in [6.45, 7) is 1.74. The molecule has 0 saturated heterocycles. The largest absolute Gasteiger partial charge is 0.362 e. The van der Waals surface area contributed by atoms with Crippen molar-refractivity contribution in [2.45, 2.75) is 13.0 Å². The predicted molar refractivity (Wildman–Crippen MR) is 86.5 cm³/mol. The van der Waals surface area contributed by atoms with Gasteiger partial charge < -0.3 is 10.2 Å². The highest BCUT2D eigenvalue weighted by atomic mass is 32.1. The fourth-order valence-corrected chi connectivity index (χ4v) is 2.73. The number of hydrogen-bond acceptors (Lipinski definition) is 2.